The van der Waals surface area contributed by atoms with Crippen molar-refractivity contribution in [2.75, 3.05) is 39.3 Å². The van der Waals surface area contributed by atoms with Crippen LogP contribution in [0.2, 0.25) is 0 Å². The molecule has 2 aromatic rings. The van der Waals surface area contributed by atoms with Crippen LogP contribution in [-0.4, -0.2) is 49.1 Å². The Morgan fingerprint density at radius 3 is 2.07 bits per heavy atom. The van der Waals surface area contributed by atoms with E-state index in [4.69, 9.17) is 4.74 Å². The normalized spacial score (nSPS) is 19.6. The first-order chi connectivity index (χ1) is 13.8. The average Bonchev–Trinajstić information content (AvgIpc) is 2.76. The average molecular weight is 379 g/mol. The third kappa shape index (κ3) is 5.83. The van der Waals surface area contributed by atoms with Crippen molar-refractivity contribution >= 4 is 0 Å². The van der Waals surface area contributed by atoms with Crippen LogP contribution in [0.3, 0.4) is 0 Å². The summed E-state index contributed by atoms with van der Waals surface area (Å²) in [4.78, 5) is 5.34. The van der Waals surface area contributed by atoms with E-state index in [0.29, 0.717) is 0 Å². The predicted octanol–water partition coefficient (Wildman–Crippen LogP) is 5.22. The Bertz CT molecular complexity index is 686. The van der Waals surface area contributed by atoms with Gasteiger partial charge in [0.05, 0.1) is 0 Å². The number of nitrogens with zero attached hydrogens (tertiary/aromatic N) is 2. The van der Waals surface area contributed by atoms with E-state index in [-0.39, 0.29) is 0 Å². The van der Waals surface area contributed by atoms with Gasteiger partial charge in [-0.25, -0.2) is 0 Å². The van der Waals surface area contributed by atoms with Gasteiger partial charge in [-0.1, -0.05) is 49.6 Å². The molecule has 0 N–H and O–H groups in total. The lowest BCUT2D eigenvalue weighted by Gasteiger charge is -2.37. The second-order valence-electron chi connectivity index (χ2n) is 8.46. The first kappa shape index (κ1) is 19.5. The van der Waals surface area contributed by atoms with Crippen molar-refractivity contribution in [1.82, 2.24) is 9.80 Å². The molecule has 2 aliphatic rings. The monoisotopic (exact) mass is 378 g/mol. The Kier molecular flexibility index (Phi) is 7.01. The first-order valence-corrected chi connectivity index (χ1v) is 11.1. The van der Waals surface area contributed by atoms with Crippen LogP contribution in [0.5, 0.6) is 11.5 Å². The van der Waals surface area contributed by atoms with E-state index in [1.54, 1.807) is 0 Å². The molecule has 0 spiro atoms. The van der Waals surface area contributed by atoms with Gasteiger partial charge in [0, 0.05) is 39.3 Å². The molecule has 28 heavy (non-hydrogen) atoms. The number of hydrogen-bond acceptors (Lipinski definition) is 3. The van der Waals surface area contributed by atoms with E-state index < -0.39 is 0 Å². The summed E-state index contributed by atoms with van der Waals surface area (Å²) in [7, 11) is 0. The maximum Gasteiger partial charge on any atom is 0.127 e. The van der Waals surface area contributed by atoms with Gasteiger partial charge >= 0.3 is 0 Å². The van der Waals surface area contributed by atoms with Gasteiger partial charge in [-0.3, -0.25) is 0 Å². The van der Waals surface area contributed by atoms with Gasteiger partial charge in [-0.15, -0.1) is 0 Å². The van der Waals surface area contributed by atoms with Crippen LogP contribution in [0.1, 0.15) is 37.7 Å². The summed E-state index contributed by atoms with van der Waals surface area (Å²) in [6.07, 6.45) is 8.42. The summed E-state index contributed by atoms with van der Waals surface area (Å²) in [5, 5.41) is 0. The summed E-state index contributed by atoms with van der Waals surface area (Å²) < 4.78 is 5.89. The number of rotatable bonds is 7. The molecule has 3 heteroatoms. The number of benzene rings is 2. The molecule has 2 fully saturated rings. The quantitative estimate of drug-likeness (QED) is 0.657. The molecule has 4 rings (SSSR count). The second-order valence-corrected chi connectivity index (χ2v) is 8.46. The van der Waals surface area contributed by atoms with Gasteiger partial charge in [0.25, 0.3) is 0 Å². The van der Waals surface area contributed by atoms with Crippen LogP contribution in [0.4, 0.5) is 0 Å². The van der Waals surface area contributed by atoms with Crippen molar-refractivity contribution in [1.29, 1.82) is 0 Å². The molecule has 0 aromatic heterocycles. The highest BCUT2D eigenvalue weighted by molar-refractivity contribution is 5.33. The van der Waals surface area contributed by atoms with Crippen molar-refractivity contribution in [2.45, 2.75) is 38.5 Å². The van der Waals surface area contributed by atoms with Crippen LogP contribution in [-0.2, 0) is 6.42 Å². The number of para-hydroxylation sites is 1. The SMILES string of the molecule is c1ccc(Oc2ccc(CCN3CCN(CC4CCCCC4)CC3)cc2)cc1. The van der Waals surface area contributed by atoms with E-state index in [2.05, 4.69) is 34.1 Å². The molecule has 1 saturated heterocycles. The molecule has 0 atom stereocenters. The highest BCUT2D eigenvalue weighted by Gasteiger charge is 2.21. The zero-order valence-electron chi connectivity index (χ0n) is 17.1. The van der Waals surface area contributed by atoms with Gasteiger partial charge in [-0.2, -0.15) is 0 Å². The summed E-state index contributed by atoms with van der Waals surface area (Å²) in [6.45, 7) is 7.46. The van der Waals surface area contributed by atoms with E-state index in [0.717, 1.165) is 30.4 Å². The molecular weight excluding hydrogens is 344 g/mol. The molecule has 0 amide bonds. The van der Waals surface area contributed by atoms with Gasteiger partial charge in [0.15, 0.2) is 0 Å². The van der Waals surface area contributed by atoms with Crippen LogP contribution >= 0.6 is 0 Å². The van der Waals surface area contributed by atoms with Crippen molar-refractivity contribution in [2.24, 2.45) is 5.92 Å². The van der Waals surface area contributed by atoms with Crippen LogP contribution in [0.15, 0.2) is 54.6 Å². The Morgan fingerprint density at radius 2 is 1.36 bits per heavy atom. The van der Waals surface area contributed by atoms with E-state index in [9.17, 15) is 0 Å². The third-order valence-corrected chi connectivity index (χ3v) is 6.33. The molecule has 1 heterocycles. The molecule has 3 nitrogen and oxygen atoms in total. The molecule has 1 saturated carbocycles. The smallest absolute Gasteiger partial charge is 0.127 e. The first-order valence-electron chi connectivity index (χ1n) is 11.1. The van der Waals surface area contributed by atoms with Crippen molar-refractivity contribution in [3.05, 3.63) is 60.2 Å². The predicted molar refractivity (Wildman–Crippen MR) is 116 cm³/mol. The lowest BCUT2D eigenvalue weighted by Crippen LogP contribution is -2.48. The van der Waals surface area contributed by atoms with E-state index >= 15 is 0 Å². The minimum absolute atomic E-state index is 0.890. The molecule has 0 radical (unpaired) electrons. The molecule has 0 bridgehead atoms. The zero-order valence-corrected chi connectivity index (χ0v) is 17.1. The number of piperazine rings is 1. The summed E-state index contributed by atoms with van der Waals surface area (Å²) in [5.41, 5.74) is 1.39. The van der Waals surface area contributed by atoms with Crippen molar-refractivity contribution in [3.63, 3.8) is 0 Å². The Labute approximate surface area is 170 Å². The maximum atomic E-state index is 5.89. The maximum absolute atomic E-state index is 5.89. The van der Waals surface area contributed by atoms with Gasteiger partial charge < -0.3 is 14.5 Å². The van der Waals surface area contributed by atoms with Gasteiger partial charge in [0.1, 0.15) is 11.5 Å². The fourth-order valence-corrected chi connectivity index (χ4v) is 4.57. The topological polar surface area (TPSA) is 15.7 Å². The lowest BCUT2D eigenvalue weighted by atomic mass is 9.89. The Hall–Kier alpha value is -1.84. The highest BCUT2D eigenvalue weighted by Crippen LogP contribution is 2.25. The fraction of sp³-hybridized carbons (Fsp3) is 0.520. The number of hydrogen-bond donors (Lipinski definition) is 0. The van der Waals surface area contributed by atoms with Gasteiger partial charge in [0.2, 0.25) is 0 Å². The van der Waals surface area contributed by atoms with E-state index in [1.165, 1.54) is 70.4 Å². The fourth-order valence-electron chi connectivity index (χ4n) is 4.57. The molecule has 2 aromatic carbocycles. The second kappa shape index (κ2) is 10.1. The Morgan fingerprint density at radius 1 is 0.714 bits per heavy atom. The molecule has 150 valence electrons. The van der Waals surface area contributed by atoms with Crippen molar-refractivity contribution in [3.8, 4) is 11.5 Å². The summed E-state index contributed by atoms with van der Waals surface area (Å²) in [6, 6.07) is 18.6. The molecule has 1 aliphatic carbocycles. The minimum atomic E-state index is 0.890. The zero-order chi connectivity index (χ0) is 19.0. The standard InChI is InChI=1S/C25H34N2O/c1-3-7-23(8-4-1)21-27-19-17-26(18-20-27)16-15-22-11-13-25(14-12-22)28-24-9-5-2-6-10-24/h2,5-6,9-14,23H,1,3-4,7-8,15-21H2. The largest absolute Gasteiger partial charge is 0.457 e. The molecular formula is C25H34N2O. The van der Waals surface area contributed by atoms with Crippen molar-refractivity contribution < 1.29 is 4.74 Å². The molecule has 0 unspecified atom stereocenters. The summed E-state index contributed by atoms with van der Waals surface area (Å²) >= 11 is 0. The number of ether oxygens (including phenoxy) is 1. The van der Waals surface area contributed by atoms with E-state index in [1.807, 2.05) is 30.3 Å². The summed E-state index contributed by atoms with van der Waals surface area (Å²) in [5.74, 6) is 2.77. The molecule has 1 aliphatic heterocycles. The minimum Gasteiger partial charge on any atom is -0.457 e. The van der Waals surface area contributed by atoms with Crippen LogP contribution in [0.25, 0.3) is 0 Å². The third-order valence-electron chi connectivity index (χ3n) is 6.33. The van der Waals surface area contributed by atoms with Gasteiger partial charge in [-0.05, 0) is 55.0 Å². The highest BCUT2D eigenvalue weighted by atomic mass is 16.5. The lowest BCUT2D eigenvalue weighted by molar-refractivity contribution is 0.110. The van der Waals surface area contributed by atoms with Crippen LogP contribution in [0, 0.1) is 5.92 Å². The van der Waals surface area contributed by atoms with Crippen LogP contribution < -0.4 is 4.74 Å². The Balaban J connectivity index is 1.17.